The van der Waals surface area contributed by atoms with Gasteiger partial charge in [-0.1, -0.05) is 20.8 Å². The van der Waals surface area contributed by atoms with Crippen molar-refractivity contribution in [1.82, 2.24) is 0 Å². The molecule has 0 aromatic carbocycles. The lowest BCUT2D eigenvalue weighted by molar-refractivity contribution is -0.0750. The molecule has 0 unspecified atom stereocenters. The van der Waals surface area contributed by atoms with Crippen molar-refractivity contribution in [1.29, 1.82) is 0 Å². The summed E-state index contributed by atoms with van der Waals surface area (Å²) in [6.45, 7) is 5.58. The maximum atomic E-state index is 10.3. The van der Waals surface area contributed by atoms with Crippen LogP contribution in [0.3, 0.4) is 0 Å². The van der Waals surface area contributed by atoms with E-state index < -0.39 is 24.9 Å². The van der Waals surface area contributed by atoms with Gasteiger partial charge in [0.2, 0.25) is 0 Å². The fourth-order valence-corrected chi connectivity index (χ4v) is 6.03. The summed E-state index contributed by atoms with van der Waals surface area (Å²) in [7, 11) is 0. The molecule has 4 N–H and O–H groups in total. The summed E-state index contributed by atoms with van der Waals surface area (Å²) in [5.74, 6) is 2.70. The minimum absolute atomic E-state index is 0.162. The monoisotopic (exact) mass is 330 g/mol. The van der Waals surface area contributed by atoms with Gasteiger partial charge < -0.3 is 20.4 Å². The average molecular weight is 331 g/mol. The molecule has 4 nitrogen and oxygen atoms in total. The first-order chi connectivity index (χ1) is 9.03. The lowest BCUT2D eigenvalue weighted by Crippen LogP contribution is -2.47. The largest absolute Gasteiger partial charge is 0.394 e. The van der Waals surface area contributed by atoms with Gasteiger partial charge in [-0.15, -0.1) is 23.5 Å². The Kier molecular flexibility index (Phi) is 12.1. The second kappa shape index (κ2) is 11.5. The molecule has 116 valence electrons. The van der Waals surface area contributed by atoms with E-state index in [0.717, 1.165) is 17.3 Å². The van der Waals surface area contributed by atoms with E-state index in [0.29, 0.717) is 0 Å². The van der Waals surface area contributed by atoms with Crippen molar-refractivity contribution in [2.75, 3.05) is 23.9 Å². The van der Waals surface area contributed by atoms with E-state index in [1.807, 2.05) is 6.92 Å². The van der Waals surface area contributed by atoms with Crippen molar-refractivity contribution in [3.05, 3.63) is 0 Å². The smallest absolute Gasteiger partial charge is 0.109 e. The molecule has 0 aromatic heterocycles. The molecule has 0 radical (unpaired) electrons. The van der Waals surface area contributed by atoms with Gasteiger partial charge in [-0.25, -0.2) is 0 Å². The molecule has 0 aliphatic heterocycles. The summed E-state index contributed by atoms with van der Waals surface area (Å²) in [6.07, 6.45) is -3.66. The molecule has 7 heteroatoms. The van der Waals surface area contributed by atoms with E-state index in [4.69, 9.17) is 5.11 Å². The summed E-state index contributed by atoms with van der Waals surface area (Å²) >= 11 is 5.07. The number of hydrogen-bond donors (Lipinski definition) is 4. The Morgan fingerprint density at radius 3 is 1.63 bits per heavy atom. The first kappa shape index (κ1) is 19.9. The Labute approximate surface area is 128 Å². The van der Waals surface area contributed by atoms with Gasteiger partial charge >= 0.3 is 0 Å². The lowest BCUT2D eigenvalue weighted by atomic mass is 10.1. The zero-order valence-corrected chi connectivity index (χ0v) is 14.2. The molecule has 0 spiro atoms. The molecule has 0 aromatic rings. The molecule has 0 saturated carbocycles. The maximum Gasteiger partial charge on any atom is 0.109 e. The van der Waals surface area contributed by atoms with Gasteiger partial charge in [0.05, 0.1) is 22.5 Å². The highest BCUT2D eigenvalue weighted by atomic mass is 32.2. The van der Waals surface area contributed by atoms with Crippen LogP contribution in [0.5, 0.6) is 0 Å². The maximum absolute atomic E-state index is 10.3. The summed E-state index contributed by atoms with van der Waals surface area (Å²) < 4.78 is 0.162. The topological polar surface area (TPSA) is 80.9 Å². The van der Waals surface area contributed by atoms with Gasteiger partial charge in [0.1, 0.15) is 12.2 Å². The molecule has 0 heterocycles. The van der Waals surface area contributed by atoms with E-state index in [9.17, 15) is 15.3 Å². The lowest BCUT2D eigenvalue weighted by Gasteiger charge is -2.33. The molecule has 0 rings (SSSR count). The second-order valence-electron chi connectivity index (χ2n) is 3.93. The van der Waals surface area contributed by atoms with Crippen molar-refractivity contribution < 1.29 is 20.4 Å². The summed E-state index contributed by atoms with van der Waals surface area (Å²) in [5.41, 5.74) is 0. The zero-order chi connectivity index (χ0) is 14.8. The molecule has 0 bridgehead atoms. The highest BCUT2D eigenvalue weighted by Gasteiger charge is 2.36. The van der Waals surface area contributed by atoms with Gasteiger partial charge in [-0.2, -0.15) is 11.8 Å². The van der Waals surface area contributed by atoms with Crippen LogP contribution >= 0.6 is 35.3 Å². The number of aliphatic hydroxyl groups is 4. The van der Waals surface area contributed by atoms with Crippen molar-refractivity contribution in [3.63, 3.8) is 0 Å². The fourth-order valence-electron chi connectivity index (χ4n) is 1.63. The Hall–Kier alpha value is 0.890. The summed E-state index contributed by atoms with van der Waals surface area (Å²) in [5, 5.41) is 38.3. The minimum atomic E-state index is -1.31. The zero-order valence-electron chi connectivity index (χ0n) is 11.7. The predicted molar refractivity (Wildman–Crippen MR) is 87.1 cm³/mol. The van der Waals surface area contributed by atoms with E-state index in [1.165, 1.54) is 0 Å². The highest BCUT2D eigenvalue weighted by Crippen LogP contribution is 2.36. The van der Waals surface area contributed by atoms with Crippen LogP contribution in [0.1, 0.15) is 20.8 Å². The molecule has 19 heavy (non-hydrogen) atoms. The van der Waals surface area contributed by atoms with E-state index in [1.54, 1.807) is 35.3 Å². The number of thioether (sulfide) groups is 3. The average Bonchev–Trinajstić information content (AvgIpc) is 2.42. The van der Waals surface area contributed by atoms with Crippen molar-refractivity contribution in [3.8, 4) is 0 Å². The molecular formula is C12H26O4S3. The number of hydrogen-bond acceptors (Lipinski definition) is 7. The van der Waals surface area contributed by atoms with Crippen LogP contribution in [0.25, 0.3) is 0 Å². The third-order valence-corrected chi connectivity index (χ3v) is 6.90. The molecule has 4 atom stereocenters. The third-order valence-electron chi connectivity index (χ3n) is 2.56. The third kappa shape index (κ3) is 6.93. The Balaban J connectivity index is 4.82. The summed E-state index contributed by atoms with van der Waals surface area (Å²) in [6, 6.07) is 0. The predicted octanol–water partition coefficient (Wildman–Crippen LogP) is 1.02. The van der Waals surface area contributed by atoms with Crippen LogP contribution < -0.4 is 0 Å². The Morgan fingerprint density at radius 1 is 0.789 bits per heavy atom. The SMILES string of the molecule is CCSC(SCC)[C@H](SCC)[C@@H](O)[C@H](O)[C@H](O)CO. The fraction of sp³-hybridized carbons (Fsp3) is 1.00. The van der Waals surface area contributed by atoms with Crippen LogP contribution in [-0.2, 0) is 0 Å². The van der Waals surface area contributed by atoms with Gasteiger partial charge in [0.25, 0.3) is 0 Å². The molecule has 0 saturated heterocycles. The van der Waals surface area contributed by atoms with Gasteiger partial charge in [-0.3, -0.25) is 0 Å². The van der Waals surface area contributed by atoms with Gasteiger partial charge in [-0.05, 0) is 17.3 Å². The van der Waals surface area contributed by atoms with Crippen molar-refractivity contribution in [2.24, 2.45) is 0 Å². The Bertz CT molecular complexity index is 215. The normalized spacial score (nSPS) is 18.3. The highest BCUT2D eigenvalue weighted by molar-refractivity contribution is 8.18. The Morgan fingerprint density at radius 2 is 1.26 bits per heavy atom. The van der Waals surface area contributed by atoms with Crippen LogP contribution in [0.2, 0.25) is 0 Å². The van der Waals surface area contributed by atoms with E-state index in [2.05, 4.69) is 13.8 Å². The quantitative estimate of drug-likeness (QED) is 0.421. The molecular weight excluding hydrogens is 304 g/mol. The van der Waals surface area contributed by atoms with Gasteiger partial charge in [0.15, 0.2) is 0 Å². The van der Waals surface area contributed by atoms with Crippen molar-refractivity contribution in [2.45, 2.75) is 48.9 Å². The van der Waals surface area contributed by atoms with Crippen molar-refractivity contribution >= 4 is 35.3 Å². The van der Waals surface area contributed by atoms with Crippen LogP contribution in [0.15, 0.2) is 0 Å². The van der Waals surface area contributed by atoms with E-state index in [-0.39, 0.29) is 9.83 Å². The van der Waals surface area contributed by atoms with Crippen LogP contribution in [0, 0.1) is 0 Å². The standard InChI is InChI=1S/C12H26O4S3/c1-4-17-11(12(18-5-2)19-6-3)10(16)9(15)8(14)7-13/h8-16H,4-7H2,1-3H3/t8-,9-,10+,11-/m1/s1. The molecule has 0 fully saturated rings. The van der Waals surface area contributed by atoms with Crippen LogP contribution in [-0.4, -0.2) is 72.4 Å². The first-order valence-corrected chi connectivity index (χ1v) is 9.67. The molecule has 0 aliphatic carbocycles. The second-order valence-corrected chi connectivity index (χ2v) is 8.52. The van der Waals surface area contributed by atoms with Crippen LogP contribution in [0.4, 0.5) is 0 Å². The number of rotatable bonds is 11. The number of aliphatic hydroxyl groups excluding tert-OH is 4. The first-order valence-electron chi connectivity index (χ1n) is 6.53. The minimum Gasteiger partial charge on any atom is -0.394 e. The molecule has 0 aliphatic rings. The molecule has 0 amide bonds. The summed E-state index contributed by atoms with van der Waals surface area (Å²) in [4.78, 5) is 0. The van der Waals surface area contributed by atoms with Gasteiger partial charge in [0, 0.05) is 0 Å². The van der Waals surface area contributed by atoms with E-state index >= 15 is 0 Å².